The smallest absolute Gasteiger partial charge is 0.225 e. The number of benzene rings is 1. The number of aliphatic imine (C=N–C) groups is 1. The van der Waals surface area contributed by atoms with Crippen LogP contribution in [0.1, 0.15) is 20.8 Å². The van der Waals surface area contributed by atoms with Crippen molar-refractivity contribution < 1.29 is 14.3 Å². The van der Waals surface area contributed by atoms with Crippen LogP contribution in [0.4, 0.5) is 5.69 Å². The molecule has 0 heterocycles. The molecule has 0 saturated carbocycles. The summed E-state index contributed by atoms with van der Waals surface area (Å²) in [6.45, 7) is 6.41. The van der Waals surface area contributed by atoms with E-state index in [0.29, 0.717) is 24.6 Å². The third-order valence-corrected chi connectivity index (χ3v) is 3.02. The Bertz CT molecular complexity index is 565. The molecule has 0 saturated heterocycles. The second kappa shape index (κ2) is 8.26. The van der Waals surface area contributed by atoms with Gasteiger partial charge in [-0.15, -0.1) is 0 Å². The summed E-state index contributed by atoms with van der Waals surface area (Å²) in [4.78, 5) is 15.9. The minimum atomic E-state index is -0.410. The third-order valence-electron chi connectivity index (χ3n) is 3.02. The lowest BCUT2D eigenvalue weighted by Gasteiger charge is -2.17. The molecule has 128 valence electrons. The van der Waals surface area contributed by atoms with Gasteiger partial charge < -0.3 is 25.8 Å². The van der Waals surface area contributed by atoms with Crippen LogP contribution < -0.4 is 25.8 Å². The van der Waals surface area contributed by atoms with Crippen molar-refractivity contribution in [3.63, 3.8) is 0 Å². The van der Waals surface area contributed by atoms with E-state index in [0.717, 1.165) is 5.69 Å². The zero-order chi connectivity index (χ0) is 17.5. The summed E-state index contributed by atoms with van der Waals surface area (Å²) >= 11 is 0. The lowest BCUT2D eigenvalue weighted by molar-refractivity contribution is -0.128. The van der Waals surface area contributed by atoms with Gasteiger partial charge >= 0.3 is 0 Å². The van der Waals surface area contributed by atoms with E-state index in [9.17, 15) is 4.79 Å². The number of nitrogens with one attached hydrogen (secondary N) is 2. The number of carbonyl (C=O) groups is 1. The highest BCUT2D eigenvalue weighted by Crippen LogP contribution is 2.29. The minimum Gasteiger partial charge on any atom is -0.493 e. The fourth-order valence-electron chi connectivity index (χ4n) is 1.71. The highest BCUT2D eigenvalue weighted by Gasteiger charge is 2.20. The van der Waals surface area contributed by atoms with Gasteiger partial charge in [0.2, 0.25) is 5.91 Å². The van der Waals surface area contributed by atoms with E-state index >= 15 is 0 Å². The van der Waals surface area contributed by atoms with Gasteiger partial charge in [0.05, 0.1) is 20.8 Å². The molecule has 0 bridgehead atoms. The molecule has 1 aromatic rings. The lowest BCUT2D eigenvalue weighted by Crippen LogP contribution is -2.36. The summed E-state index contributed by atoms with van der Waals surface area (Å²) in [6.07, 6.45) is 0. The fourth-order valence-corrected chi connectivity index (χ4v) is 1.71. The Kier molecular flexibility index (Phi) is 6.68. The Balaban J connectivity index is 2.52. The summed E-state index contributed by atoms with van der Waals surface area (Å²) < 4.78 is 10.4. The van der Waals surface area contributed by atoms with Crippen molar-refractivity contribution in [3.8, 4) is 11.5 Å². The van der Waals surface area contributed by atoms with Crippen molar-refractivity contribution in [3.05, 3.63) is 18.2 Å². The number of nitrogens with zero attached hydrogens (tertiary/aromatic N) is 1. The Morgan fingerprint density at radius 2 is 1.87 bits per heavy atom. The quantitative estimate of drug-likeness (QED) is 0.420. The fraction of sp³-hybridized carbons (Fsp3) is 0.500. The largest absolute Gasteiger partial charge is 0.493 e. The van der Waals surface area contributed by atoms with Crippen molar-refractivity contribution in [2.45, 2.75) is 20.8 Å². The molecule has 0 unspecified atom stereocenters. The summed E-state index contributed by atoms with van der Waals surface area (Å²) in [6, 6.07) is 5.35. The molecule has 0 atom stereocenters. The zero-order valence-corrected chi connectivity index (χ0v) is 14.4. The molecule has 23 heavy (non-hydrogen) atoms. The maximum atomic E-state index is 11.7. The van der Waals surface area contributed by atoms with Crippen LogP contribution in [0.2, 0.25) is 0 Å². The van der Waals surface area contributed by atoms with Crippen LogP contribution >= 0.6 is 0 Å². The average Bonchev–Trinajstić information content (AvgIpc) is 2.50. The van der Waals surface area contributed by atoms with E-state index in [2.05, 4.69) is 15.6 Å². The molecule has 0 spiro atoms. The first-order valence-electron chi connectivity index (χ1n) is 7.35. The monoisotopic (exact) mass is 322 g/mol. The second-order valence-electron chi connectivity index (χ2n) is 5.97. The summed E-state index contributed by atoms with van der Waals surface area (Å²) in [5.41, 5.74) is 6.15. The Hall–Kier alpha value is -2.44. The molecule has 4 N–H and O–H groups in total. The number of methoxy groups -OCH3 is 2. The summed E-state index contributed by atoms with van der Waals surface area (Å²) in [5.74, 6) is 1.49. The van der Waals surface area contributed by atoms with E-state index in [4.69, 9.17) is 15.2 Å². The number of carbonyl (C=O) groups excluding carboxylic acids is 1. The van der Waals surface area contributed by atoms with Crippen LogP contribution in [0.5, 0.6) is 11.5 Å². The number of amides is 1. The summed E-state index contributed by atoms with van der Waals surface area (Å²) in [7, 11) is 3.14. The molecule has 7 heteroatoms. The average molecular weight is 322 g/mol. The first-order valence-corrected chi connectivity index (χ1v) is 7.35. The zero-order valence-electron chi connectivity index (χ0n) is 14.4. The number of anilines is 1. The van der Waals surface area contributed by atoms with Gasteiger partial charge in [-0.05, 0) is 12.1 Å². The van der Waals surface area contributed by atoms with E-state index in [1.54, 1.807) is 26.4 Å². The summed E-state index contributed by atoms with van der Waals surface area (Å²) in [5, 5.41) is 5.78. The van der Waals surface area contributed by atoms with Crippen molar-refractivity contribution in [1.82, 2.24) is 5.32 Å². The molecular weight excluding hydrogens is 296 g/mol. The van der Waals surface area contributed by atoms with Crippen LogP contribution in [0.15, 0.2) is 23.2 Å². The van der Waals surface area contributed by atoms with Crippen LogP contribution in [-0.4, -0.2) is 39.2 Å². The predicted octanol–water partition coefficient (Wildman–Crippen LogP) is 1.59. The van der Waals surface area contributed by atoms with E-state index in [1.807, 2.05) is 26.8 Å². The molecule has 0 aromatic heterocycles. The van der Waals surface area contributed by atoms with E-state index < -0.39 is 5.41 Å². The molecule has 1 amide bonds. The van der Waals surface area contributed by atoms with Gasteiger partial charge in [-0.2, -0.15) is 0 Å². The van der Waals surface area contributed by atoms with E-state index in [-0.39, 0.29) is 11.9 Å². The maximum absolute atomic E-state index is 11.7. The van der Waals surface area contributed by atoms with Gasteiger partial charge in [0, 0.05) is 23.7 Å². The van der Waals surface area contributed by atoms with Gasteiger partial charge in [0.15, 0.2) is 17.5 Å². The molecule has 0 aliphatic heterocycles. The highest BCUT2D eigenvalue weighted by atomic mass is 16.5. The molecule has 1 rings (SSSR count). The van der Waals surface area contributed by atoms with Crippen molar-refractivity contribution in [2.75, 3.05) is 32.6 Å². The molecule has 0 aliphatic carbocycles. The Morgan fingerprint density at radius 1 is 1.22 bits per heavy atom. The van der Waals surface area contributed by atoms with Crippen molar-refractivity contribution in [1.29, 1.82) is 0 Å². The highest BCUT2D eigenvalue weighted by molar-refractivity contribution is 5.92. The number of nitrogens with two attached hydrogens (primary N) is 1. The van der Waals surface area contributed by atoms with Crippen LogP contribution in [-0.2, 0) is 4.79 Å². The van der Waals surface area contributed by atoms with Crippen molar-refractivity contribution in [2.24, 2.45) is 16.1 Å². The molecule has 7 nitrogen and oxygen atoms in total. The molecular formula is C16H26N4O3. The Morgan fingerprint density at radius 3 is 2.43 bits per heavy atom. The molecule has 1 aromatic carbocycles. The Labute approximate surface area is 137 Å². The number of guanidine groups is 1. The topological polar surface area (TPSA) is 98.0 Å². The third kappa shape index (κ3) is 6.06. The number of rotatable bonds is 6. The number of ether oxygens (including phenoxy) is 2. The van der Waals surface area contributed by atoms with E-state index in [1.165, 1.54) is 0 Å². The van der Waals surface area contributed by atoms with Crippen molar-refractivity contribution >= 4 is 17.6 Å². The first kappa shape index (κ1) is 18.6. The van der Waals surface area contributed by atoms with Gasteiger partial charge in [-0.25, -0.2) is 0 Å². The minimum absolute atomic E-state index is 0.0147. The SMILES string of the molecule is COc1ccc(NC(N)=NCCNC(=O)C(C)(C)C)cc1OC. The standard InChI is InChI=1S/C16H26N4O3/c1-16(2,3)14(21)18-8-9-19-15(17)20-11-6-7-12(22-4)13(10-11)23-5/h6-7,10H,8-9H2,1-5H3,(H,18,21)(H3,17,19,20). The molecule has 0 radical (unpaired) electrons. The van der Waals surface area contributed by atoms with Gasteiger partial charge in [-0.3, -0.25) is 9.79 Å². The van der Waals surface area contributed by atoms with Gasteiger partial charge in [0.1, 0.15) is 0 Å². The molecule has 0 fully saturated rings. The van der Waals surface area contributed by atoms with Crippen LogP contribution in [0.3, 0.4) is 0 Å². The normalized spacial score (nSPS) is 11.8. The van der Waals surface area contributed by atoms with Gasteiger partial charge in [-0.1, -0.05) is 20.8 Å². The number of hydrogen-bond acceptors (Lipinski definition) is 4. The lowest BCUT2D eigenvalue weighted by atomic mass is 9.96. The maximum Gasteiger partial charge on any atom is 0.225 e. The predicted molar refractivity (Wildman–Crippen MR) is 92.1 cm³/mol. The van der Waals surface area contributed by atoms with Crippen LogP contribution in [0, 0.1) is 5.41 Å². The second-order valence-corrected chi connectivity index (χ2v) is 5.97. The van der Waals surface area contributed by atoms with Crippen LogP contribution in [0.25, 0.3) is 0 Å². The van der Waals surface area contributed by atoms with Gasteiger partial charge in [0.25, 0.3) is 0 Å². The number of hydrogen-bond donors (Lipinski definition) is 3. The molecule has 0 aliphatic rings. The first-order chi connectivity index (χ1) is 10.8.